The van der Waals surface area contributed by atoms with Crippen LogP contribution in [0.3, 0.4) is 0 Å². The van der Waals surface area contributed by atoms with E-state index < -0.39 is 0 Å². The topological polar surface area (TPSA) is 45.4 Å². The van der Waals surface area contributed by atoms with Gasteiger partial charge in [-0.2, -0.15) is 0 Å². The van der Waals surface area contributed by atoms with Crippen molar-refractivity contribution in [1.82, 2.24) is 5.32 Å². The molecule has 20 heavy (non-hydrogen) atoms. The zero-order valence-electron chi connectivity index (χ0n) is 12.0. The lowest BCUT2D eigenvalue weighted by atomic mass is 10.1. The van der Waals surface area contributed by atoms with Crippen molar-refractivity contribution in [2.45, 2.75) is 32.7 Å². The van der Waals surface area contributed by atoms with E-state index in [9.17, 15) is 0 Å². The van der Waals surface area contributed by atoms with E-state index in [0.29, 0.717) is 5.92 Å². The molecule has 0 radical (unpaired) electrons. The molecule has 0 fully saturated rings. The van der Waals surface area contributed by atoms with Crippen LogP contribution in [-0.4, -0.2) is 18.3 Å². The van der Waals surface area contributed by atoms with Crippen molar-refractivity contribution in [2.24, 2.45) is 5.92 Å². The van der Waals surface area contributed by atoms with Crippen molar-refractivity contribution in [3.8, 4) is 0 Å². The number of rotatable bonds is 7. The van der Waals surface area contributed by atoms with E-state index in [2.05, 4.69) is 47.2 Å². The smallest absolute Gasteiger partial charge is 0.134 e. The lowest BCUT2D eigenvalue weighted by Crippen LogP contribution is -2.20. The molecule has 2 N–H and O–H groups in total. The van der Waals surface area contributed by atoms with Crippen molar-refractivity contribution in [1.29, 1.82) is 0 Å². The summed E-state index contributed by atoms with van der Waals surface area (Å²) < 4.78 is 6.93. The molecule has 2 aromatic rings. The maximum Gasteiger partial charge on any atom is 0.134 e. The Bertz CT molecular complexity index is 552. The molecular formula is C16H22BrNO2. The molecule has 0 bridgehead atoms. The number of hydrogen-bond donors (Lipinski definition) is 2. The molecule has 2 unspecified atom stereocenters. The van der Waals surface area contributed by atoms with E-state index in [0.717, 1.165) is 40.6 Å². The standard InChI is InChI=1S/C16H22BrNO2/c1-11(10-19)4-3-7-18-12(2)16-9-13-8-14(17)5-6-15(13)20-16/h5-6,8-9,11-12,18-19H,3-4,7,10H2,1-2H3. The largest absolute Gasteiger partial charge is 0.459 e. The summed E-state index contributed by atoms with van der Waals surface area (Å²) in [5, 5.41) is 13.6. The molecule has 0 aliphatic carbocycles. The highest BCUT2D eigenvalue weighted by atomic mass is 79.9. The molecule has 2 rings (SSSR count). The maximum absolute atomic E-state index is 8.99. The minimum Gasteiger partial charge on any atom is -0.459 e. The van der Waals surface area contributed by atoms with Crippen molar-refractivity contribution in [2.75, 3.05) is 13.2 Å². The van der Waals surface area contributed by atoms with Crippen molar-refractivity contribution in [3.63, 3.8) is 0 Å². The summed E-state index contributed by atoms with van der Waals surface area (Å²) in [7, 11) is 0. The first-order chi connectivity index (χ1) is 9.60. The molecule has 4 heteroatoms. The summed E-state index contributed by atoms with van der Waals surface area (Å²) in [5.41, 5.74) is 0.922. The van der Waals surface area contributed by atoms with Crippen LogP contribution in [-0.2, 0) is 0 Å². The Kier molecular flexibility index (Phi) is 5.64. The van der Waals surface area contributed by atoms with Gasteiger partial charge in [0.2, 0.25) is 0 Å². The van der Waals surface area contributed by atoms with Crippen molar-refractivity contribution in [3.05, 3.63) is 34.5 Å². The number of benzene rings is 1. The molecule has 1 aromatic heterocycles. The number of halogens is 1. The molecule has 0 spiro atoms. The Hall–Kier alpha value is -0.840. The molecule has 0 amide bonds. The van der Waals surface area contributed by atoms with Gasteiger partial charge in [-0.05, 0) is 56.5 Å². The zero-order chi connectivity index (χ0) is 14.5. The summed E-state index contributed by atoms with van der Waals surface area (Å²) in [6.07, 6.45) is 2.11. The average Bonchev–Trinajstić information content (AvgIpc) is 2.86. The van der Waals surface area contributed by atoms with Crippen LogP contribution in [0.25, 0.3) is 11.0 Å². The molecule has 0 aliphatic rings. The van der Waals surface area contributed by atoms with Crippen molar-refractivity contribution >= 4 is 26.9 Å². The predicted molar refractivity (Wildman–Crippen MR) is 85.8 cm³/mol. The third-order valence-corrected chi connectivity index (χ3v) is 4.05. The Morgan fingerprint density at radius 3 is 2.85 bits per heavy atom. The number of aliphatic hydroxyl groups excluding tert-OH is 1. The third-order valence-electron chi connectivity index (χ3n) is 3.56. The Balaban J connectivity index is 1.89. The maximum atomic E-state index is 8.99. The molecule has 1 aromatic carbocycles. The molecule has 0 aliphatic heterocycles. The van der Waals surface area contributed by atoms with E-state index in [1.165, 1.54) is 0 Å². The van der Waals surface area contributed by atoms with Gasteiger partial charge in [-0.3, -0.25) is 0 Å². The van der Waals surface area contributed by atoms with Gasteiger partial charge < -0.3 is 14.8 Å². The highest BCUT2D eigenvalue weighted by Crippen LogP contribution is 2.26. The first kappa shape index (κ1) is 15.5. The number of nitrogens with one attached hydrogen (secondary N) is 1. The molecule has 0 saturated heterocycles. The lowest BCUT2D eigenvalue weighted by molar-refractivity contribution is 0.227. The van der Waals surface area contributed by atoms with Crippen molar-refractivity contribution < 1.29 is 9.52 Å². The summed E-state index contributed by atoms with van der Waals surface area (Å²) >= 11 is 3.47. The average molecular weight is 340 g/mol. The van der Waals surface area contributed by atoms with E-state index in [-0.39, 0.29) is 12.6 Å². The second kappa shape index (κ2) is 7.25. The van der Waals surface area contributed by atoms with Gasteiger partial charge in [-0.15, -0.1) is 0 Å². The second-order valence-corrected chi connectivity index (χ2v) is 6.35. The minimum atomic E-state index is 0.200. The van der Waals surface area contributed by atoms with Gasteiger partial charge in [0.05, 0.1) is 6.04 Å². The van der Waals surface area contributed by atoms with E-state index >= 15 is 0 Å². The third kappa shape index (κ3) is 4.08. The SMILES string of the molecule is CC(CO)CCCNC(C)c1cc2cc(Br)ccc2o1. The van der Waals surface area contributed by atoms with Crippen LogP contribution in [0.4, 0.5) is 0 Å². The lowest BCUT2D eigenvalue weighted by Gasteiger charge is -2.12. The minimum absolute atomic E-state index is 0.200. The number of furan rings is 1. The fraction of sp³-hybridized carbons (Fsp3) is 0.500. The summed E-state index contributed by atoms with van der Waals surface area (Å²) in [4.78, 5) is 0. The fourth-order valence-electron chi connectivity index (χ4n) is 2.21. The van der Waals surface area contributed by atoms with Crippen LogP contribution < -0.4 is 5.32 Å². The van der Waals surface area contributed by atoms with E-state index in [4.69, 9.17) is 9.52 Å². The molecule has 2 atom stereocenters. The van der Waals surface area contributed by atoms with Gasteiger partial charge in [-0.25, -0.2) is 0 Å². The molecule has 0 saturated carbocycles. The van der Waals surface area contributed by atoms with Crippen LogP contribution in [0.15, 0.2) is 33.2 Å². The molecule has 1 heterocycles. The summed E-state index contributed by atoms with van der Waals surface area (Å²) in [5.74, 6) is 1.35. The molecule has 3 nitrogen and oxygen atoms in total. The normalized spacial score (nSPS) is 14.6. The van der Waals surface area contributed by atoms with Gasteiger partial charge >= 0.3 is 0 Å². The number of aliphatic hydroxyl groups is 1. The van der Waals surface area contributed by atoms with Crippen LogP contribution >= 0.6 is 15.9 Å². The Morgan fingerprint density at radius 1 is 1.30 bits per heavy atom. The summed E-state index contributed by atoms with van der Waals surface area (Å²) in [6.45, 7) is 5.39. The first-order valence-electron chi connectivity index (χ1n) is 7.13. The van der Waals surface area contributed by atoms with Crippen LogP contribution in [0.2, 0.25) is 0 Å². The van der Waals surface area contributed by atoms with Gasteiger partial charge in [-0.1, -0.05) is 22.9 Å². The zero-order valence-corrected chi connectivity index (χ0v) is 13.6. The van der Waals surface area contributed by atoms with Crippen LogP contribution in [0, 0.1) is 5.92 Å². The van der Waals surface area contributed by atoms with Crippen LogP contribution in [0.5, 0.6) is 0 Å². The Labute approximate surface area is 128 Å². The fourth-order valence-corrected chi connectivity index (χ4v) is 2.59. The molecular weight excluding hydrogens is 318 g/mol. The Morgan fingerprint density at radius 2 is 2.10 bits per heavy atom. The molecule has 110 valence electrons. The van der Waals surface area contributed by atoms with E-state index in [1.54, 1.807) is 0 Å². The van der Waals surface area contributed by atoms with Gasteiger partial charge in [0.1, 0.15) is 11.3 Å². The van der Waals surface area contributed by atoms with Gasteiger partial charge in [0, 0.05) is 16.5 Å². The monoisotopic (exact) mass is 339 g/mol. The number of hydrogen-bond acceptors (Lipinski definition) is 3. The summed E-state index contributed by atoms with van der Waals surface area (Å²) in [6, 6.07) is 8.33. The highest BCUT2D eigenvalue weighted by molar-refractivity contribution is 9.10. The predicted octanol–water partition coefficient (Wildman–Crippen LogP) is 4.25. The number of fused-ring (bicyclic) bond motifs is 1. The van der Waals surface area contributed by atoms with Gasteiger partial charge in [0.15, 0.2) is 0 Å². The second-order valence-electron chi connectivity index (χ2n) is 5.44. The van der Waals surface area contributed by atoms with Crippen LogP contribution in [0.1, 0.15) is 38.5 Å². The van der Waals surface area contributed by atoms with Gasteiger partial charge in [0.25, 0.3) is 0 Å². The van der Waals surface area contributed by atoms with E-state index in [1.807, 2.05) is 12.1 Å². The first-order valence-corrected chi connectivity index (χ1v) is 7.92. The highest BCUT2D eigenvalue weighted by Gasteiger charge is 2.11. The quantitative estimate of drug-likeness (QED) is 0.741.